The van der Waals surface area contributed by atoms with Crippen LogP contribution in [0, 0.1) is 6.92 Å². The largest absolute Gasteiger partial charge is 0.419 e. The fourth-order valence-corrected chi connectivity index (χ4v) is 6.27. The van der Waals surface area contributed by atoms with E-state index in [-0.39, 0.29) is 24.1 Å². The first-order valence-electron chi connectivity index (χ1n) is 13.7. The summed E-state index contributed by atoms with van der Waals surface area (Å²) in [5, 5.41) is 7.88. The van der Waals surface area contributed by atoms with Gasteiger partial charge in [0, 0.05) is 71.7 Å². The Bertz CT molecular complexity index is 1330. The Kier molecular flexibility index (Phi) is 7.66. The standard InChI is InChI=1S/C26H36F3N7O4Si/c1-18-11-20(33-36(21(18)37)17-39-9-10-41(2,3)4)32-24-14-25(15-24,40-16-24)22(38)34-5-7-35(8-6-34)23-30-12-19(13-31-23)26(27,28)29/h11-13H,5-10,14-17H2,1-4H3,(H,32,33). The molecule has 0 atom stereocenters. The van der Waals surface area contributed by atoms with E-state index in [1.165, 1.54) is 4.68 Å². The van der Waals surface area contributed by atoms with Gasteiger partial charge in [-0.2, -0.15) is 13.2 Å². The highest BCUT2D eigenvalue weighted by atomic mass is 28.3. The van der Waals surface area contributed by atoms with E-state index in [1.807, 2.05) is 0 Å². The number of aromatic nitrogens is 4. The van der Waals surface area contributed by atoms with Crippen molar-refractivity contribution in [2.75, 3.05) is 49.6 Å². The van der Waals surface area contributed by atoms with Gasteiger partial charge in [0.25, 0.3) is 11.5 Å². The second-order valence-electron chi connectivity index (χ2n) is 12.5. The number of aryl methyl sites for hydroxylation is 1. The van der Waals surface area contributed by atoms with Crippen molar-refractivity contribution in [1.29, 1.82) is 0 Å². The summed E-state index contributed by atoms with van der Waals surface area (Å²) in [6.45, 7) is 11.1. The number of piperazine rings is 1. The number of ether oxygens (including phenoxy) is 2. The Morgan fingerprint density at radius 1 is 1.15 bits per heavy atom. The number of nitrogens with one attached hydrogen (secondary N) is 1. The van der Waals surface area contributed by atoms with Crippen LogP contribution in [0.25, 0.3) is 0 Å². The first-order chi connectivity index (χ1) is 19.2. The number of nitrogens with zero attached hydrogens (tertiary/aromatic N) is 6. The lowest BCUT2D eigenvalue weighted by molar-refractivity contribution is -0.155. The maximum absolute atomic E-state index is 13.4. The normalized spacial score (nSPS) is 24.4. The van der Waals surface area contributed by atoms with Gasteiger partial charge in [-0.3, -0.25) is 9.59 Å². The van der Waals surface area contributed by atoms with Crippen molar-refractivity contribution in [1.82, 2.24) is 24.6 Å². The molecule has 4 aliphatic rings. The molecule has 3 aliphatic heterocycles. The van der Waals surface area contributed by atoms with Crippen LogP contribution in [0.15, 0.2) is 23.3 Å². The smallest absolute Gasteiger partial charge is 0.363 e. The zero-order valence-electron chi connectivity index (χ0n) is 23.8. The van der Waals surface area contributed by atoms with Gasteiger partial charge in [-0.15, -0.1) is 5.10 Å². The number of hydrogen-bond acceptors (Lipinski definition) is 9. The van der Waals surface area contributed by atoms with Gasteiger partial charge in [0.05, 0.1) is 17.7 Å². The van der Waals surface area contributed by atoms with Crippen LogP contribution in [0.1, 0.15) is 24.0 Å². The van der Waals surface area contributed by atoms with Crippen LogP contribution in [0.3, 0.4) is 0 Å². The highest BCUT2D eigenvalue weighted by Crippen LogP contribution is 2.54. The summed E-state index contributed by atoms with van der Waals surface area (Å²) in [4.78, 5) is 37.3. The van der Waals surface area contributed by atoms with Crippen LogP contribution in [-0.4, -0.2) is 89.2 Å². The summed E-state index contributed by atoms with van der Waals surface area (Å²) >= 11 is 0. The highest BCUT2D eigenvalue weighted by Gasteiger charge is 2.67. The number of halogens is 3. The van der Waals surface area contributed by atoms with Crippen molar-refractivity contribution >= 4 is 25.7 Å². The summed E-state index contributed by atoms with van der Waals surface area (Å²) in [6.07, 6.45) is -1.98. The van der Waals surface area contributed by atoms with Gasteiger partial charge in [-0.25, -0.2) is 14.6 Å². The Morgan fingerprint density at radius 3 is 2.41 bits per heavy atom. The second-order valence-corrected chi connectivity index (χ2v) is 18.1. The molecule has 1 saturated carbocycles. The van der Waals surface area contributed by atoms with Crippen molar-refractivity contribution in [3.05, 3.63) is 39.9 Å². The lowest BCUT2D eigenvalue weighted by atomic mass is 9.67. The number of anilines is 2. The van der Waals surface area contributed by atoms with Gasteiger partial charge in [0.2, 0.25) is 5.95 Å². The molecular weight excluding hydrogens is 559 g/mol. The van der Waals surface area contributed by atoms with E-state index in [9.17, 15) is 22.8 Å². The van der Waals surface area contributed by atoms with E-state index in [1.54, 1.807) is 22.8 Å². The maximum atomic E-state index is 13.4. The molecule has 4 fully saturated rings. The minimum Gasteiger partial charge on any atom is -0.363 e. The molecule has 224 valence electrons. The molecule has 0 radical (unpaired) electrons. The van der Waals surface area contributed by atoms with Gasteiger partial charge in [-0.1, -0.05) is 19.6 Å². The number of alkyl halides is 3. The topological polar surface area (TPSA) is 115 Å². The van der Waals surface area contributed by atoms with Crippen molar-refractivity contribution in [2.45, 2.75) is 69.5 Å². The molecule has 3 saturated heterocycles. The van der Waals surface area contributed by atoms with Crippen LogP contribution in [0.4, 0.5) is 24.9 Å². The monoisotopic (exact) mass is 595 g/mol. The average Bonchev–Trinajstić information content (AvgIpc) is 3.44. The fourth-order valence-electron chi connectivity index (χ4n) is 5.51. The van der Waals surface area contributed by atoms with Crippen molar-refractivity contribution in [3.63, 3.8) is 0 Å². The third-order valence-electron chi connectivity index (χ3n) is 7.83. The molecule has 0 unspecified atom stereocenters. The molecule has 2 aromatic heterocycles. The number of amides is 1. The minimum atomic E-state index is -4.49. The Balaban J connectivity index is 1.15. The summed E-state index contributed by atoms with van der Waals surface area (Å²) in [7, 11) is -1.25. The quantitative estimate of drug-likeness (QED) is 0.345. The zero-order valence-corrected chi connectivity index (χ0v) is 24.8. The van der Waals surface area contributed by atoms with Gasteiger partial charge in [0.15, 0.2) is 5.60 Å². The predicted molar refractivity (Wildman–Crippen MR) is 147 cm³/mol. The van der Waals surface area contributed by atoms with Crippen LogP contribution in [0.5, 0.6) is 0 Å². The molecule has 1 N–H and O–H groups in total. The molecule has 1 aliphatic carbocycles. The number of carbonyl (C=O) groups is 1. The molecular formula is C26H36F3N7O4Si. The van der Waals surface area contributed by atoms with E-state index >= 15 is 0 Å². The fraction of sp³-hybridized carbons (Fsp3) is 0.654. The lowest BCUT2D eigenvalue weighted by Crippen LogP contribution is -2.63. The van der Waals surface area contributed by atoms with Crippen LogP contribution >= 0.6 is 0 Å². The summed E-state index contributed by atoms with van der Waals surface area (Å²) in [6, 6.07) is 2.70. The molecule has 2 aromatic rings. The van der Waals surface area contributed by atoms with E-state index < -0.39 is 31.0 Å². The van der Waals surface area contributed by atoms with Crippen LogP contribution in [0.2, 0.25) is 25.7 Å². The summed E-state index contributed by atoms with van der Waals surface area (Å²) < 4.78 is 51.5. The predicted octanol–water partition coefficient (Wildman–Crippen LogP) is 2.74. The van der Waals surface area contributed by atoms with Crippen LogP contribution in [-0.2, 0) is 27.2 Å². The van der Waals surface area contributed by atoms with E-state index in [2.05, 4.69) is 40.0 Å². The molecule has 0 aromatic carbocycles. The van der Waals surface area contributed by atoms with Gasteiger partial charge < -0.3 is 24.6 Å². The van der Waals surface area contributed by atoms with E-state index in [4.69, 9.17) is 9.47 Å². The molecule has 41 heavy (non-hydrogen) atoms. The lowest BCUT2D eigenvalue weighted by Gasteiger charge is -2.47. The summed E-state index contributed by atoms with van der Waals surface area (Å²) in [5.74, 6) is 0.649. The molecule has 1 amide bonds. The Hall–Kier alpha value is -3.04. The van der Waals surface area contributed by atoms with E-state index in [0.717, 1.165) is 18.4 Å². The molecule has 5 heterocycles. The third kappa shape index (κ3) is 6.26. The number of fused-ring (bicyclic) bond motifs is 1. The third-order valence-corrected chi connectivity index (χ3v) is 9.54. The van der Waals surface area contributed by atoms with Gasteiger partial charge in [-0.05, 0) is 19.0 Å². The minimum absolute atomic E-state index is 0.0785. The highest BCUT2D eigenvalue weighted by molar-refractivity contribution is 6.76. The molecule has 6 rings (SSSR count). The number of hydrogen-bond donors (Lipinski definition) is 1. The molecule has 15 heteroatoms. The van der Waals surface area contributed by atoms with Crippen molar-refractivity contribution in [2.24, 2.45) is 0 Å². The number of carbonyl (C=O) groups excluding carboxylic acids is 1. The van der Waals surface area contributed by atoms with Crippen molar-refractivity contribution < 1.29 is 27.4 Å². The zero-order chi connectivity index (χ0) is 29.6. The number of rotatable bonds is 9. The van der Waals surface area contributed by atoms with Gasteiger partial charge in [0.1, 0.15) is 12.5 Å². The van der Waals surface area contributed by atoms with Crippen molar-refractivity contribution in [3.8, 4) is 0 Å². The first-order valence-corrected chi connectivity index (χ1v) is 17.4. The SMILES string of the molecule is Cc1cc(NC23COC(C(=O)N4CCN(c5ncc(C(F)(F)F)cn5)CC4)(C2)C3)nn(COCC[Si](C)(C)C)c1=O. The molecule has 11 nitrogen and oxygen atoms in total. The van der Waals surface area contributed by atoms with Gasteiger partial charge >= 0.3 is 6.18 Å². The molecule has 2 bridgehead atoms. The first kappa shape index (κ1) is 29.4. The van der Waals surface area contributed by atoms with E-state index in [0.29, 0.717) is 63.6 Å². The van der Waals surface area contributed by atoms with Crippen LogP contribution < -0.4 is 15.8 Å². The second kappa shape index (κ2) is 10.7. The summed E-state index contributed by atoms with van der Waals surface area (Å²) in [5.41, 5.74) is -1.93. The maximum Gasteiger partial charge on any atom is 0.419 e. The Labute approximate surface area is 237 Å². The average molecular weight is 596 g/mol. The molecule has 0 spiro atoms. The Morgan fingerprint density at radius 2 is 1.80 bits per heavy atom.